The second-order valence-electron chi connectivity index (χ2n) is 5.14. The molecule has 0 aliphatic carbocycles. The van der Waals surface area contributed by atoms with Crippen molar-refractivity contribution in [1.82, 2.24) is 10.7 Å². The minimum atomic E-state index is -0.360. The van der Waals surface area contributed by atoms with Crippen LogP contribution in [-0.2, 0) is 0 Å². The molecule has 0 unspecified atom stereocenters. The molecular weight excluding hydrogens is 214 g/mol. The predicted molar refractivity (Wildman–Crippen MR) is 68.4 cm³/mol. The van der Waals surface area contributed by atoms with E-state index in [1.54, 1.807) is 5.01 Å². The Morgan fingerprint density at radius 1 is 1.29 bits per heavy atom. The molecule has 4 heteroatoms. The Labute approximate surface area is 102 Å². The summed E-state index contributed by atoms with van der Waals surface area (Å²) in [5.41, 5.74) is 3.74. The topological polar surface area (TPSA) is 44.4 Å². The summed E-state index contributed by atoms with van der Waals surface area (Å²) in [6.45, 7) is 6.29. The van der Waals surface area contributed by atoms with Crippen LogP contribution in [0, 0.1) is 5.92 Å². The summed E-state index contributed by atoms with van der Waals surface area (Å²) in [5.74, 6) is 0.517. The van der Waals surface area contributed by atoms with Crippen molar-refractivity contribution in [1.29, 1.82) is 0 Å². The van der Waals surface area contributed by atoms with Gasteiger partial charge in [-0.05, 0) is 31.4 Å². The minimum absolute atomic E-state index is 0.0978. The van der Waals surface area contributed by atoms with Crippen molar-refractivity contribution >= 4 is 11.7 Å². The molecule has 2 rings (SSSR count). The molecule has 0 aromatic heterocycles. The van der Waals surface area contributed by atoms with Gasteiger partial charge in [0.1, 0.15) is 5.66 Å². The third-order valence-electron chi connectivity index (χ3n) is 2.78. The molecule has 1 aromatic rings. The molecule has 1 heterocycles. The molecule has 2 amide bonds. The van der Waals surface area contributed by atoms with Crippen LogP contribution in [0.4, 0.5) is 10.5 Å². The number of carbonyl (C=O) groups excluding carboxylic acids is 1. The smallest absolute Gasteiger partial charge is 0.317 e. The summed E-state index contributed by atoms with van der Waals surface area (Å²) < 4.78 is 0. The molecule has 0 spiro atoms. The van der Waals surface area contributed by atoms with Crippen molar-refractivity contribution in [3.63, 3.8) is 0 Å². The van der Waals surface area contributed by atoms with E-state index in [9.17, 15) is 4.79 Å². The van der Waals surface area contributed by atoms with Gasteiger partial charge in [0.2, 0.25) is 0 Å². The molecular formula is C13H19N3O. The standard InChI is InChI=1S/C13H19N3O/c1-10(2)9-13(3)14-12(17)16(15-13)11-7-5-4-6-8-11/h4-8,10,15H,9H2,1-3H3,(H,14,17)/t13-/m0/s1. The fourth-order valence-electron chi connectivity index (χ4n) is 2.29. The third-order valence-corrected chi connectivity index (χ3v) is 2.78. The highest BCUT2D eigenvalue weighted by Crippen LogP contribution is 2.23. The number of benzene rings is 1. The van der Waals surface area contributed by atoms with E-state index in [0.29, 0.717) is 5.92 Å². The summed E-state index contributed by atoms with van der Waals surface area (Å²) >= 11 is 0. The molecule has 0 saturated carbocycles. The largest absolute Gasteiger partial charge is 0.338 e. The van der Waals surface area contributed by atoms with Gasteiger partial charge in [-0.25, -0.2) is 15.2 Å². The first kappa shape index (κ1) is 11.9. The average Bonchev–Trinajstić information content (AvgIpc) is 2.54. The van der Waals surface area contributed by atoms with E-state index in [0.717, 1.165) is 12.1 Å². The minimum Gasteiger partial charge on any atom is -0.317 e. The van der Waals surface area contributed by atoms with Crippen LogP contribution in [0.2, 0.25) is 0 Å². The lowest BCUT2D eigenvalue weighted by Crippen LogP contribution is -2.49. The zero-order chi connectivity index (χ0) is 12.5. The van der Waals surface area contributed by atoms with Gasteiger partial charge >= 0.3 is 6.03 Å². The monoisotopic (exact) mass is 233 g/mol. The van der Waals surface area contributed by atoms with Gasteiger partial charge in [0.25, 0.3) is 0 Å². The van der Waals surface area contributed by atoms with Crippen molar-refractivity contribution in [2.24, 2.45) is 5.92 Å². The summed E-state index contributed by atoms with van der Waals surface area (Å²) in [6, 6.07) is 9.50. The maximum absolute atomic E-state index is 11.9. The molecule has 1 aliphatic heterocycles. The normalized spacial score (nSPS) is 24.2. The first-order chi connectivity index (χ1) is 8.00. The Bertz CT molecular complexity index is 404. The summed E-state index contributed by atoms with van der Waals surface area (Å²) in [6.07, 6.45) is 0.891. The van der Waals surface area contributed by atoms with Crippen LogP contribution in [0.1, 0.15) is 27.2 Å². The van der Waals surface area contributed by atoms with Gasteiger partial charge < -0.3 is 5.32 Å². The van der Waals surface area contributed by atoms with Crippen LogP contribution < -0.4 is 15.8 Å². The van der Waals surface area contributed by atoms with Crippen LogP contribution in [0.3, 0.4) is 0 Å². The number of rotatable bonds is 3. The number of nitrogens with zero attached hydrogens (tertiary/aromatic N) is 1. The highest BCUT2D eigenvalue weighted by molar-refractivity contribution is 5.93. The first-order valence-electron chi connectivity index (χ1n) is 5.95. The fraction of sp³-hybridized carbons (Fsp3) is 0.462. The van der Waals surface area contributed by atoms with E-state index in [1.165, 1.54) is 0 Å². The van der Waals surface area contributed by atoms with E-state index >= 15 is 0 Å². The van der Waals surface area contributed by atoms with E-state index in [-0.39, 0.29) is 11.7 Å². The van der Waals surface area contributed by atoms with E-state index in [4.69, 9.17) is 0 Å². The average molecular weight is 233 g/mol. The first-order valence-corrected chi connectivity index (χ1v) is 5.95. The Balaban J connectivity index is 2.15. The van der Waals surface area contributed by atoms with Gasteiger partial charge in [-0.2, -0.15) is 0 Å². The highest BCUT2D eigenvalue weighted by atomic mass is 16.2. The molecule has 0 radical (unpaired) electrons. The Kier molecular flexibility index (Phi) is 3.07. The van der Waals surface area contributed by atoms with Crippen molar-refractivity contribution in [3.05, 3.63) is 30.3 Å². The molecule has 2 N–H and O–H groups in total. The quantitative estimate of drug-likeness (QED) is 0.842. The zero-order valence-electron chi connectivity index (χ0n) is 10.5. The molecule has 1 aliphatic rings. The molecule has 17 heavy (non-hydrogen) atoms. The summed E-state index contributed by atoms with van der Waals surface area (Å²) in [5, 5.41) is 4.56. The molecule has 1 saturated heterocycles. The second-order valence-corrected chi connectivity index (χ2v) is 5.14. The number of urea groups is 1. The Morgan fingerprint density at radius 3 is 2.53 bits per heavy atom. The van der Waals surface area contributed by atoms with Crippen LogP contribution >= 0.6 is 0 Å². The number of hydrogen-bond acceptors (Lipinski definition) is 2. The number of para-hydroxylation sites is 1. The number of hydrogen-bond donors (Lipinski definition) is 2. The van der Waals surface area contributed by atoms with Crippen molar-refractivity contribution in [3.8, 4) is 0 Å². The lowest BCUT2D eigenvalue weighted by atomic mass is 10.0. The zero-order valence-corrected chi connectivity index (χ0v) is 10.5. The van der Waals surface area contributed by atoms with Gasteiger partial charge in [-0.15, -0.1) is 0 Å². The van der Waals surface area contributed by atoms with E-state index in [2.05, 4.69) is 24.6 Å². The van der Waals surface area contributed by atoms with Crippen molar-refractivity contribution in [2.45, 2.75) is 32.9 Å². The van der Waals surface area contributed by atoms with Crippen LogP contribution in [-0.4, -0.2) is 11.7 Å². The molecule has 1 fully saturated rings. The van der Waals surface area contributed by atoms with Crippen molar-refractivity contribution in [2.75, 3.05) is 5.01 Å². The van der Waals surface area contributed by atoms with Crippen LogP contribution in [0.5, 0.6) is 0 Å². The van der Waals surface area contributed by atoms with E-state index < -0.39 is 0 Å². The SMILES string of the molecule is CC(C)C[C@@]1(C)NC(=O)N(c2ccccc2)N1. The Hall–Kier alpha value is -1.55. The molecule has 1 atom stereocenters. The number of anilines is 1. The lowest BCUT2D eigenvalue weighted by Gasteiger charge is -2.26. The molecule has 92 valence electrons. The van der Waals surface area contributed by atoms with Crippen LogP contribution in [0.15, 0.2) is 30.3 Å². The van der Waals surface area contributed by atoms with Gasteiger partial charge in [0.05, 0.1) is 5.69 Å². The summed E-state index contributed by atoms with van der Waals surface area (Å²) in [4.78, 5) is 11.9. The maximum Gasteiger partial charge on any atom is 0.338 e. The fourth-order valence-corrected chi connectivity index (χ4v) is 2.29. The number of nitrogens with one attached hydrogen (secondary N) is 2. The Morgan fingerprint density at radius 2 is 1.94 bits per heavy atom. The van der Waals surface area contributed by atoms with Gasteiger partial charge in [0, 0.05) is 0 Å². The van der Waals surface area contributed by atoms with Crippen LogP contribution in [0.25, 0.3) is 0 Å². The predicted octanol–water partition coefficient (Wildman–Crippen LogP) is 2.48. The van der Waals surface area contributed by atoms with Gasteiger partial charge in [-0.1, -0.05) is 32.0 Å². The maximum atomic E-state index is 11.9. The molecule has 0 bridgehead atoms. The van der Waals surface area contributed by atoms with Gasteiger partial charge in [0.15, 0.2) is 0 Å². The number of carbonyl (C=O) groups is 1. The second kappa shape index (κ2) is 4.37. The molecule has 1 aromatic carbocycles. The molecule has 4 nitrogen and oxygen atoms in total. The number of amides is 2. The highest BCUT2D eigenvalue weighted by Gasteiger charge is 2.38. The van der Waals surface area contributed by atoms with Crippen molar-refractivity contribution < 1.29 is 4.79 Å². The third kappa shape index (κ3) is 2.58. The number of hydrazine groups is 1. The van der Waals surface area contributed by atoms with Gasteiger partial charge in [-0.3, -0.25) is 0 Å². The summed E-state index contributed by atoms with van der Waals surface area (Å²) in [7, 11) is 0. The van der Waals surface area contributed by atoms with E-state index in [1.807, 2.05) is 37.3 Å². The lowest BCUT2D eigenvalue weighted by molar-refractivity contribution is 0.243.